The molecule has 7 nitrogen and oxygen atoms in total. The van der Waals surface area contributed by atoms with E-state index in [-0.39, 0.29) is 17.7 Å². The van der Waals surface area contributed by atoms with Crippen LogP contribution in [0.5, 0.6) is 0 Å². The first-order valence-corrected chi connectivity index (χ1v) is 12.2. The molecule has 8 heteroatoms. The Bertz CT molecular complexity index is 808. The van der Waals surface area contributed by atoms with Crippen molar-refractivity contribution in [1.29, 1.82) is 5.26 Å². The summed E-state index contributed by atoms with van der Waals surface area (Å²) in [4.78, 5) is 28.3. The maximum absolute atomic E-state index is 12.5. The first-order chi connectivity index (χ1) is 15.0. The van der Waals surface area contributed by atoms with E-state index in [9.17, 15) is 14.9 Å². The van der Waals surface area contributed by atoms with Crippen LogP contribution in [0.2, 0.25) is 0 Å². The summed E-state index contributed by atoms with van der Waals surface area (Å²) < 4.78 is 5.00. The summed E-state index contributed by atoms with van der Waals surface area (Å²) in [6.07, 6.45) is 5.92. The number of anilines is 1. The summed E-state index contributed by atoms with van der Waals surface area (Å²) in [7, 11) is 1.66. The molecule has 0 aromatic carbocycles. The number of methoxy groups -OCH3 is 1. The number of fused-ring (bicyclic) bond motifs is 1. The van der Waals surface area contributed by atoms with Gasteiger partial charge in [0.2, 0.25) is 11.8 Å². The van der Waals surface area contributed by atoms with Crippen LogP contribution in [0.25, 0.3) is 0 Å². The maximum Gasteiger partial charge on any atom is 0.226 e. The number of carbonyl (C=O) groups excluding carboxylic acids is 2. The molecule has 0 saturated carbocycles. The number of carbonyl (C=O) groups is 2. The Kier molecular flexibility index (Phi) is 8.88. The van der Waals surface area contributed by atoms with E-state index in [1.807, 2.05) is 0 Å². The van der Waals surface area contributed by atoms with E-state index in [2.05, 4.69) is 28.5 Å². The number of nitrogens with zero attached hydrogens (tertiary/aromatic N) is 2. The average molecular weight is 447 g/mol. The fourth-order valence-corrected chi connectivity index (χ4v) is 5.77. The monoisotopic (exact) mass is 446 g/mol. The van der Waals surface area contributed by atoms with Gasteiger partial charge in [0.15, 0.2) is 0 Å². The zero-order valence-corrected chi connectivity index (χ0v) is 19.5. The highest BCUT2D eigenvalue weighted by atomic mass is 32.1. The van der Waals surface area contributed by atoms with Gasteiger partial charge in [-0.2, -0.15) is 5.26 Å². The molecule has 3 rings (SSSR count). The molecular formula is C23H34N4O3S. The van der Waals surface area contributed by atoms with E-state index in [4.69, 9.17) is 4.74 Å². The second-order valence-corrected chi connectivity index (χ2v) is 9.82. The minimum atomic E-state index is -0.0406. The molecule has 1 aliphatic heterocycles. The quantitative estimate of drug-likeness (QED) is 0.569. The van der Waals surface area contributed by atoms with E-state index in [1.54, 1.807) is 18.4 Å². The Hall–Kier alpha value is -1.95. The lowest BCUT2D eigenvalue weighted by Gasteiger charge is -2.31. The largest absolute Gasteiger partial charge is 0.385 e. The Labute approximate surface area is 189 Å². The molecule has 2 amide bonds. The Morgan fingerprint density at radius 1 is 1.29 bits per heavy atom. The van der Waals surface area contributed by atoms with E-state index in [0.29, 0.717) is 37.6 Å². The van der Waals surface area contributed by atoms with Gasteiger partial charge in [-0.25, -0.2) is 0 Å². The molecule has 1 aromatic rings. The summed E-state index contributed by atoms with van der Waals surface area (Å²) in [5, 5.41) is 16.3. The number of amides is 2. The third-order valence-corrected chi connectivity index (χ3v) is 7.48. The lowest BCUT2D eigenvalue weighted by atomic mass is 9.89. The van der Waals surface area contributed by atoms with Crippen LogP contribution in [-0.2, 0) is 27.2 Å². The number of hydrogen-bond donors (Lipinski definition) is 2. The molecule has 0 spiro atoms. The van der Waals surface area contributed by atoms with Gasteiger partial charge in [0.1, 0.15) is 11.1 Å². The minimum absolute atomic E-state index is 0.0406. The zero-order valence-electron chi connectivity index (χ0n) is 18.7. The third kappa shape index (κ3) is 6.52. The van der Waals surface area contributed by atoms with Crippen molar-refractivity contribution in [2.75, 3.05) is 45.2 Å². The molecule has 2 aliphatic rings. The Morgan fingerprint density at radius 2 is 2.06 bits per heavy atom. The topological polar surface area (TPSA) is 94.5 Å². The van der Waals surface area contributed by atoms with Crippen molar-refractivity contribution in [3.8, 4) is 6.07 Å². The molecule has 1 aromatic heterocycles. The summed E-state index contributed by atoms with van der Waals surface area (Å²) in [5.41, 5.74) is 1.81. The molecular weight excluding hydrogens is 412 g/mol. The molecule has 0 bridgehead atoms. The molecule has 170 valence electrons. The van der Waals surface area contributed by atoms with Crippen molar-refractivity contribution >= 4 is 28.2 Å². The van der Waals surface area contributed by atoms with Gasteiger partial charge in [-0.05, 0) is 63.1 Å². The van der Waals surface area contributed by atoms with Crippen LogP contribution in [0.1, 0.15) is 55.0 Å². The number of nitrogens with one attached hydrogen (secondary N) is 2. The number of thiophene rings is 1. The van der Waals surface area contributed by atoms with Crippen LogP contribution in [0.3, 0.4) is 0 Å². The molecule has 0 radical (unpaired) electrons. The molecule has 1 atom stereocenters. The summed E-state index contributed by atoms with van der Waals surface area (Å²) >= 11 is 1.57. The van der Waals surface area contributed by atoms with Gasteiger partial charge >= 0.3 is 0 Å². The van der Waals surface area contributed by atoms with Gasteiger partial charge in [0, 0.05) is 44.0 Å². The van der Waals surface area contributed by atoms with Gasteiger partial charge in [-0.1, -0.05) is 6.92 Å². The van der Waals surface area contributed by atoms with Crippen molar-refractivity contribution in [3.05, 3.63) is 16.0 Å². The molecule has 2 heterocycles. The smallest absolute Gasteiger partial charge is 0.226 e. The van der Waals surface area contributed by atoms with Gasteiger partial charge in [0.25, 0.3) is 0 Å². The SMILES string of the molecule is COCCCNC(=O)C1CCN(CCC(=O)Nc2sc3c(c2C#N)CCC(C)C3)CC1. The van der Waals surface area contributed by atoms with Crippen molar-refractivity contribution in [1.82, 2.24) is 10.2 Å². The molecule has 1 fully saturated rings. The highest BCUT2D eigenvalue weighted by Gasteiger charge is 2.26. The molecule has 31 heavy (non-hydrogen) atoms. The van der Waals surface area contributed by atoms with E-state index in [0.717, 1.165) is 62.2 Å². The number of ether oxygens (including phenoxy) is 1. The predicted octanol–water partition coefficient (Wildman–Crippen LogP) is 2.94. The van der Waals surface area contributed by atoms with Crippen LogP contribution in [0, 0.1) is 23.2 Å². The number of nitriles is 1. The molecule has 2 N–H and O–H groups in total. The van der Waals surface area contributed by atoms with Crippen LogP contribution < -0.4 is 10.6 Å². The van der Waals surface area contributed by atoms with Crippen LogP contribution >= 0.6 is 11.3 Å². The number of piperidine rings is 1. The minimum Gasteiger partial charge on any atom is -0.385 e. The van der Waals surface area contributed by atoms with E-state index >= 15 is 0 Å². The predicted molar refractivity (Wildman–Crippen MR) is 122 cm³/mol. The van der Waals surface area contributed by atoms with Crippen molar-refractivity contribution in [2.45, 2.75) is 51.9 Å². The second-order valence-electron chi connectivity index (χ2n) is 8.72. The van der Waals surface area contributed by atoms with Crippen LogP contribution in [0.15, 0.2) is 0 Å². The van der Waals surface area contributed by atoms with Crippen LogP contribution in [0.4, 0.5) is 5.00 Å². The fraction of sp³-hybridized carbons (Fsp3) is 0.696. The molecule has 1 aliphatic carbocycles. The van der Waals surface area contributed by atoms with E-state index in [1.165, 1.54) is 4.88 Å². The second kappa shape index (κ2) is 11.6. The lowest BCUT2D eigenvalue weighted by molar-refractivity contribution is -0.126. The van der Waals surface area contributed by atoms with Gasteiger partial charge in [-0.15, -0.1) is 11.3 Å². The number of likely N-dealkylation sites (tertiary alicyclic amines) is 1. The number of hydrogen-bond acceptors (Lipinski definition) is 6. The molecule has 1 saturated heterocycles. The highest BCUT2D eigenvalue weighted by molar-refractivity contribution is 7.16. The van der Waals surface area contributed by atoms with Gasteiger partial charge in [-0.3, -0.25) is 9.59 Å². The third-order valence-electron chi connectivity index (χ3n) is 6.31. The molecule has 1 unspecified atom stereocenters. The van der Waals surface area contributed by atoms with E-state index < -0.39 is 0 Å². The summed E-state index contributed by atoms with van der Waals surface area (Å²) in [6.45, 7) is 5.89. The summed E-state index contributed by atoms with van der Waals surface area (Å²) in [5.74, 6) is 0.789. The Morgan fingerprint density at radius 3 is 2.77 bits per heavy atom. The first kappa shape index (κ1) is 23.7. The van der Waals surface area contributed by atoms with Crippen molar-refractivity contribution < 1.29 is 14.3 Å². The summed E-state index contributed by atoms with van der Waals surface area (Å²) in [6, 6.07) is 2.31. The lowest BCUT2D eigenvalue weighted by Crippen LogP contribution is -2.41. The van der Waals surface area contributed by atoms with Crippen LogP contribution in [-0.4, -0.2) is 56.6 Å². The standard InChI is InChI=1S/C23H34N4O3S/c1-16-4-5-18-19(15-24)23(31-20(18)14-16)26-21(28)8-12-27-10-6-17(7-11-27)22(29)25-9-3-13-30-2/h16-17H,3-14H2,1-2H3,(H,25,29)(H,26,28). The van der Waals surface area contributed by atoms with Crippen molar-refractivity contribution in [3.63, 3.8) is 0 Å². The normalized spacial score (nSPS) is 19.5. The zero-order chi connectivity index (χ0) is 22.2. The average Bonchev–Trinajstić information content (AvgIpc) is 3.11. The highest BCUT2D eigenvalue weighted by Crippen LogP contribution is 2.39. The first-order valence-electron chi connectivity index (χ1n) is 11.3. The van der Waals surface area contributed by atoms with Gasteiger partial charge < -0.3 is 20.3 Å². The fourth-order valence-electron chi connectivity index (χ4n) is 4.40. The van der Waals surface area contributed by atoms with Crippen molar-refractivity contribution in [2.24, 2.45) is 11.8 Å². The van der Waals surface area contributed by atoms with Gasteiger partial charge in [0.05, 0.1) is 5.56 Å². The Balaban J connectivity index is 1.40. The number of rotatable bonds is 9. The maximum atomic E-state index is 12.5.